The van der Waals surface area contributed by atoms with Gasteiger partial charge in [-0.15, -0.1) is 0 Å². The third kappa shape index (κ3) is 4.04. The molecule has 0 bridgehead atoms. The van der Waals surface area contributed by atoms with Crippen LogP contribution in [-0.2, 0) is 20.7 Å². The standard InChI is InChI=1S/C13H15ClO4/c1-3-18-12(15)7-6-9-4-5-10(8-11(9)14)13(16)17-2/h4-5,8H,3,6-7H2,1-2H3. The maximum atomic E-state index is 11.3. The van der Waals surface area contributed by atoms with E-state index in [9.17, 15) is 9.59 Å². The fourth-order valence-electron chi connectivity index (χ4n) is 1.46. The number of aryl methyl sites for hydroxylation is 1. The molecule has 0 N–H and O–H groups in total. The third-order valence-electron chi connectivity index (χ3n) is 2.38. The van der Waals surface area contributed by atoms with E-state index in [0.29, 0.717) is 23.6 Å². The molecule has 0 saturated heterocycles. The van der Waals surface area contributed by atoms with Gasteiger partial charge in [-0.2, -0.15) is 0 Å². The van der Waals surface area contributed by atoms with E-state index in [1.165, 1.54) is 13.2 Å². The van der Waals surface area contributed by atoms with Crippen molar-refractivity contribution in [3.8, 4) is 0 Å². The first-order valence-corrected chi connectivity index (χ1v) is 5.98. The van der Waals surface area contributed by atoms with Gasteiger partial charge in [0.05, 0.1) is 19.3 Å². The molecule has 1 aromatic carbocycles. The molecule has 5 heteroatoms. The van der Waals surface area contributed by atoms with Crippen LogP contribution in [0.25, 0.3) is 0 Å². The van der Waals surface area contributed by atoms with Crippen molar-refractivity contribution in [2.45, 2.75) is 19.8 Å². The van der Waals surface area contributed by atoms with Gasteiger partial charge in [0, 0.05) is 11.4 Å². The Hall–Kier alpha value is -1.55. The van der Waals surface area contributed by atoms with Crippen molar-refractivity contribution in [2.24, 2.45) is 0 Å². The molecule has 0 saturated carbocycles. The van der Waals surface area contributed by atoms with Crippen molar-refractivity contribution in [2.75, 3.05) is 13.7 Å². The summed E-state index contributed by atoms with van der Waals surface area (Å²) in [6.45, 7) is 2.13. The third-order valence-corrected chi connectivity index (χ3v) is 2.73. The van der Waals surface area contributed by atoms with E-state index in [-0.39, 0.29) is 12.4 Å². The fraction of sp³-hybridized carbons (Fsp3) is 0.385. The Labute approximate surface area is 111 Å². The summed E-state index contributed by atoms with van der Waals surface area (Å²) in [6.07, 6.45) is 0.754. The molecule has 18 heavy (non-hydrogen) atoms. The SMILES string of the molecule is CCOC(=O)CCc1ccc(C(=O)OC)cc1Cl. The minimum Gasteiger partial charge on any atom is -0.466 e. The monoisotopic (exact) mass is 270 g/mol. The minimum atomic E-state index is -0.436. The zero-order valence-electron chi connectivity index (χ0n) is 10.4. The summed E-state index contributed by atoms with van der Waals surface area (Å²) < 4.78 is 9.42. The number of rotatable bonds is 5. The van der Waals surface area contributed by atoms with Gasteiger partial charge < -0.3 is 9.47 Å². The molecule has 0 aliphatic carbocycles. The first-order valence-electron chi connectivity index (χ1n) is 5.60. The highest BCUT2D eigenvalue weighted by Gasteiger charge is 2.10. The van der Waals surface area contributed by atoms with Crippen LogP contribution in [0.4, 0.5) is 0 Å². The van der Waals surface area contributed by atoms with E-state index in [1.54, 1.807) is 19.1 Å². The summed E-state index contributed by atoms with van der Waals surface area (Å²) in [5.74, 6) is -0.695. The van der Waals surface area contributed by atoms with Crippen molar-refractivity contribution in [1.82, 2.24) is 0 Å². The number of halogens is 1. The number of methoxy groups -OCH3 is 1. The van der Waals surface area contributed by atoms with Crippen molar-refractivity contribution in [3.05, 3.63) is 34.3 Å². The van der Waals surface area contributed by atoms with Gasteiger partial charge in [-0.25, -0.2) is 4.79 Å². The lowest BCUT2D eigenvalue weighted by molar-refractivity contribution is -0.143. The van der Waals surface area contributed by atoms with Crippen LogP contribution in [0.3, 0.4) is 0 Å². The minimum absolute atomic E-state index is 0.259. The Kier molecular flexibility index (Phi) is 5.65. The predicted octanol–water partition coefficient (Wildman–Crippen LogP) is 2.62. The molecule has 0 aromatic heterocycles. The number of carbonyl (C=O) groups excluding carboxylic acids is 2. The largest absolute Gasteiger partial charge is 0.466 e. The van der Waals surface area contributed by atoms with E-state index >= 15 is 0 Å². The van der Waals surface area contributed by atoms with Gasteiger partial charge in [0.1, 0.15) is 0 Å². The van der Waals surface area contributed by atoms with E-state index < -0.39 is 5.97 Å². The van der Waals surface area contributed by atoms with E-state index in [0.717, 1.165) is 5.56 Å². The van der Waals surface area contributed by atoms with Crippen molar-refractivity contribution in [3.63, 3.8) is 0 Å². The quantitative estimate of drug-likeness (QED) is 0.772. The summed E-state index contributed by atoms with van der Waals surface area (Å²) in [5, 5.41) is 0.446. The molecule has 0 fully saturated rings. The number of hydrogen-bond donors (Lipinski definition) is 0. The zero-order chi connectivity index (χ0) is 13.5. The Morgan fingerprint density at radius 3 is 2.61 bits per heavy atom. The zero-order valence-corrected chi connectivity index (χ0v) is 11.1. The lowest BCUT2D eigenvalue weighted by Gasteiger charge is -2.06. The second kappa shape index (κ2) is 7.01. The highest BCUT2D eigenvalue weighted by Crippen LogP contribution is 2.20. The number of hydrogen-bond acceptors (Lipinski definition) is 4. The second-order valence-corrected chi connectivity index (χ2v) is 4.01. The number of carbonyl (C=O) groups is 2. The lowest BCUT2D eigenvalue weighted by atomic mass is 10.1. The molecule has 0 heterocycles. The van der Waals surface area contributed by atoms with Crippen LogP contribution < -0.4 is 0 Å². The summed E-state index contributed by atoms with van der Waals surface area (Å²) in [5.41, 5.74) is 1.19. The maximum absolute atomic E-state index is 11.3. The number of benzene rings is 1. The number of esters is 2. The Bertz CT molecular complexity index is 443. The van der Waals surface area contributed by atoms with Gasteiger partial charge in [0.2, 0.25) is 0 Å². The lowest BCUT2D eigenvalue weighted by Crippen LogP contribution is -2.06. The van der Waals surface area contributed by atoms with Crippen LogP contribution in [-0.4, -0.2) is 25.7 Å². The smallest absolute Gasteiger partial charge is 0.337 e. The van der Waals surface area contributed by atoms with Gasteiger partial charge >= 0.3 is 11.9 Å². The van der Waals surface area contributed by atoms with Crippen LogP contribution >= 0.6 is 11.6 Å². The summed E-state index contributed by atoms with van der Waals surface area (Å²) in [6, 6.07) is 4.87. The molecule has 0 spiro atoms. The summed E-state index contributed by atoms with van der Waals surface area (Å²) in [7, 11) is 1.31. The maximum Gasteiger partial charge on any atom is 0.337 e. The van der Waals surface area contributed by atoms with Gasteiger partial charge in [0.15, 0.2) is 0 Å². The molecule has 1 aromatic rings. The molecule has 0 aliphatic heterocycles. The Morgan fingerprint density at radius 1 is 1.33 bits per heavy atom. The molecular formula is C13H15ClO4. The van der Waals surface area contributed by atoms with Crippen molar-refractivity contribution >= 4 is 23.5 Å². The van der Waals surface area contributed by atoms with Gasteiger partial charge in [-0.1, -0.05) is 17.7 Å². The molecule has 0 aliphatic rings. The normalized spacial score (nSPS) is 9.94. The fourth-order valence-corrected chi connectivity index (χ4v) is 1.74. The molecule has 4 nitrogen and oxygen atoms in total. The van der Waals surface area contributed by atoms with Gasteiger partial charge in [-0.05, 0) is 31.0 Å². The van der Waals surface area contributed by atoms with Crippen LogP contribution in [0, 0.1) is 0 Å². The number of ether oxygens (including phenoxy) is 2. The van der Waals surface area contributed by atoms with E-state index in [1.807, 2.05) is 0 Å². The van der Waals surface area contributed by atoms with Crippen molar-refractivity contribution < 1.29 is 19.1 Å². The average molecular weight is 271 g/mol. The summed E-state index contributed by atoms with van der Waals surface area (Å²) >= 11 is 6.03. The first-order chi connectivity index (χ1) is 8.58. The molecule has 0 unspecified atom stereocenters. The Balaban J connectivity index is 2.68. The van der Waals surface area contributed by atoms with Gasteiger partial charge in [-0.3, -0.25) is 4.79 Å². The average Bonchev–Trinajstić information content (AvgIpc) is 2.36. The Morgan fingerprint density at radius 2 is 2.06 bits per heavy atom. The molecule has 0 radical (unpaired) electrons. The van der Waals surface area contributed by atoms with E-state index in [2.05, 4.69) is 4.74 Å². The van der Waals surface area contributed by atoms with Crippen LogP contribution in [0.5, 0.6) is 0 Å². The predicted molar refractivity (Wildman–Crippen MR) is 67.7 cm³/mol. The highest BCUT2D eigenvalue weighted by molar-refractivity contribution is 6.31. The highest BCUT2D eigenvalue weighted by atomic mass is 35.5. The first kappa shape index (κ1) is 14.5. The summed E-state index contributed by atoms with van der Waals surface area (Å²) in [4.78, 5) is 22.5. The van der Waals surface area contributed by atoms with Gasteiger partial charge in [0.25, 0.3) is 0 Å². The molecule has 0 amide bonds. The molecule has 98 valence electrons. The van der Waals surface area contributed by atoms with Crippen molar-refractivity contribution in [1.29, 1.82) is 0 Å². The second-order valence-electron chi connectivity index (χ2n) is 3.60. The van der Waals surface area contributed by atoms with Crippen LogP contribution in [0.2, 0.25) is 5.02 Å². The van der Waals surface area contributed by atoms with Crippen LogP contribution in [0.15, 0.2) is 18.2 Å². The molecule has 1 rings (SSSR count). The van der Waals surface area contributed by atoms with E-state index in [4.69, 9.17) is 16.3 Å². The molecule has 0 atom stereocenters. The molecular weight excluding hydrogens is 256 g/mol. The van der Waals surface area contributed by atoms with Crippen LogP contribution in [0.1, 0.15) is 29.3 Å². The topological polar surface area (TPSA) is 52.6 Å².